The minimum atomic E-state index is -3.69. The van der Waals surface area contributed by atoms with Gasteiger partial charge in [0.15, 0.2) is 0 Å². The average Bonchev–Trinajstić information content (AvgIpc) is 3.26. The Labute approximate surface area is 146 Å². The van der Waals surface area contributed by atoms with E-state index in [1.165, 1.54) is 22.7 Å². The Morgan fingerprint density at radius 2 is 1.83 bits per heavy atom. The van der Waals surface area contributed by atoms with Crippen molar-refractivity contribution in [1.29, 1.82) is 0 Å². The number of hydrogen-bond donors (Lipinski definition) is 1. The van der Waals surface area contributed by atoms with Gasteiger partial charge in [-0.2, -0.15) is 0 Å². The van der Waals surface area contributed by atoms with Crippen molar-refractivity contribution in [3.63, 3.8) is 0 Å². The van der Waals surface area contributed by atoms with Crippen LogP contribution in [0.25, 0.3) is 0 Å². The largest absolute Gasteiger partial charge is 0.349 e. The first-order valence-electron chi connectivity index (χ1n) is 7.92. The Balaban J connectivity index is 1.85. The van der Waals surface area contributed by atoms with Crippen LogP contribution in [0, 0.1) is 0 Å². The molecule has 1 aromatic carbocycles. The molecule has 1 aliphatic rings. The van der Waals surface area contributed by atoms with Gasteiger partial charge in [0.2, 0.25) is 0 Å². The number of carbonyl (C=O) groups excluding carboxylic acids is 1. The number of sulfonamides is 1. The van der Waals surface area contributed by atoms with Crippen molar-refractivity contribution in [1.82, 2.24) is 5.32 Å². The van der Waals surface area contributed by atoms with Crippen LogP contribution in [0.1, 0.15) is 35.4 Å². The Bertz CT molecular complexity index is 809. The molecule has 1 aliphatic carbocycles. The third-order valence-electron chi connectivity index (χ3n) is 4.28. The zero-order valence-electron chi connectivity index (χ0n) is 13.4. The second kappa shape index (κ2) is 6.94. The summed E-state index contributed by atoms with van der Waals surface area (Å²) >= 11 is 1.26. The van der Waals surface area contributed by atoms with E-state index in [1.807, 2.05) is 0 Å². The molecule has 2 aromatic rings. The minimum Gasteiger partial charge on any atom is -0.349 e. The molecule has 5 nitrogen and oxygen atoms in total. The molecule has 1 heterocycles. The van der Waals surface area contributed by atoms with E-state index in [9.17, 15) is 13.2 Å². The molecule has 0 bridgehead atoms. The number of benzene rings is 1. The van der Waals surface area contributed by atoms with Crippen molar-refractivity contribution in [2.24, 2.45) is 0 Å². The van der Waals surface area contributed by atoms with Gasteiger partial charge >= 0.3 is 0 Å². The topological polar surface area (TPSA) is 66.5 Å². The average molecular weight is 364 g/mol. The number of rotatable bonds is 5. The molecular formula is C17H20N2O3S2. The van der Waals surface area contributed by atoms with Gasteiger partial charge in [-0.15, -0.1) is 11.3 Å². The molecule has 1 saturated carbocycles. The highest BCUT2D eigenvalue weighted by Gasteiger charge is 2.27. The maximum Gasteiger partial charge on any atom is 0.264 e. The number of carbonyl (C=O) groups is 1. The SMILES string of the molecule is CN(c1ccsc1C(=O)NC1CCCC1)S(=O)(=O)c1ccccc1. The van der Waals surface area contributed by atoms with Crippen LogP contribution in [0.15, 0.2) is 46.7 Å². The van der Waals surface area contributed by atoms with Gasteiger partial charge in [0.25, 0.3) is 15.9 Å². The Morgan fingerprint density at radius 3 is 2.50 bits per heavy atom. The smallest absolute Gasteiger partial charge is 0.264 e. The first kappa shape index (κ1) is 17.0. The van der Waals surface area contributed by atoms with Crippen LogP contribution in [-0.2, 0) is 10.0 Å². The number of amides is 1. The highest BCUT2D eigenvalue weighted by Crippen LogP contribution is 2.30. The molecule has 0 spiro atoms. The van der Waals surface area contributed by atoms with Crippen molar-refractivity contribution in [3.05, 3.63) is 46.7 Å². The molecule has 1 aromatic heterocycles. The fraction of sp³-hybridized carbons (Fsp3) is 0.353. The van der Waals surface area contributed by atoms with Gasteiger partial charge in [-0.1, -0.05) is 31.0 Å². The van der Waals surface area contributed by atoms with E-state index in [1.54, 1.807) is 41.8 Å². The van der Waals surface area contributed by atoms with Crippen LogP contribution < -0.4 is 9.62 Å². The summed E-state index contributed by atoms with van der Waals surface area (Å²) in [7, 11) is -2.20. The molecule has 24 heavy (non-hydrogen) atoms. The summed E-state index contributed by atoms with van der Waals surface area (Å²) < 4.78 is 26.7. The van der Waals surface area contributed by atoms with Gasteiger partial charge in [0.1, 0.15) is 4.88 Å². The van der Waals surface area contributed by atoms with Crippen LogP contribution in [0.2, 0.25) is 0 Å². The van der Waals surface area contributed by atoms with Crippen molar-refractivity contribution < 1.29 is 13.2 Å². The second-order valence-corrected chi connectivity index (χ2v) is 8.76. The van der Waals surface area contributed by atoms with E-state index in [0.29, 0.717) is 10.6 Å². The first-order valence-corrected chi connectivity index (χ1v) is 10.2. The number of hydrogen-bond acceptors (Lipinski definition) is 4. The standard InChI is InChI=1S/C17H20N2O3S2/c1-19(24(21,22)14-9-3-2-4-10-14)15-11-12-23-16(15)17(20)18-13-7-5-6-8-13/h2-4,9-13H,5-8H2,1H3,(H,18,20). The van der Waals surface area contributed by atoms with Crippen LogP contribution >= 0.6 is 11.3 Å². The van der Waals surface area contributed by atoms with Crippen LogP contribution in [0.4, 0.5) is 5.69 Å². The molecule has 1 amide bonds. The van der Waals surface area contributed by atoms with Crippen molar-refractivity contribution in [2.45, 2.75) is 36.6 Å². The summed E-state index contributed by atoms with van der Waals surface area (Å²) in [5, 5.41) is 4.76. The monoisotopic (exact) mass is 364 g/mol. The quantitative estimate of drug-likeness (QED) is 0.886. The summed E-state index contributed by atoms with van der Waals surface area (Å²) in [6.07, 6.45) is 4.24. The van der Waals surface area contributed by atoms with Crippen LogP contribution in [-0.4, -0.2) is 27.4 Å². The van der Waals surface area contributed by atoms with Crippen LogP contribution in [0.3, 0.4) is 0 Å². The molecule has 128 valence electrons. The second-order valence-electron chi connectivity index (χ2n) is 5.88. The maximum atomic E-state index is 12.7. The van der Waals surface area contributed by atoms with Crippen molar-refractivity contribution in [3.8, 4) is 0 Å². The summed E-state index contributed by atoms with van der Waals surface area (Å²) in [5.74, 6) is -0.193. The Hall–Kier alpha value is -1.86. The zero-order valence-corrected chi connectivity index (χ0v) is 15.1. The highest BCUT2D eigenvalue weighted by molar-refractivity contribution is 7.92. The molecule has 1 N–H and O–H groups in total. The molecule has 1 fully saturated rings. The Morgan fingerprint density at radius 1 is 1.17 bits per heavy atom. The van der Waals surface area contributed by atoms with Crippen LogP contribution in [0.5, 0.6) is 0 Å². The van der Waals surface area contributed by atoms with E-state index < -0.39 is 10.0 Å². The molecule has 7 heteroatoms. The molecule has 0 unspecified atom stereocenters. The van der Waals surface area contributed by atoms with E-state index in [0.717, 1.165) is 25.7 Å². The lowest BCUT2D eigenvalue weighted by Crippen LogP contribution is -2.34. The molecule has 0 radical (unpaired) electrons. The lowest BCUT2D eigenvalue weighted by molar-refractivity contribution is 0.0942. The summed E-state index contributed by atoms with van der Waals surface area (Å²) in [5.41, 5.74) is 0.416. The fourth-order valence-corrected chi connectivity index (χ4v) is 5.03. The zero-order chi connectivity index (χ0) is 17.2. The van der Waals surface area contributed by atoms with Gasteiger partial charge in [-0.3, -0.25) is 9.10 Å². The van der Waals surface area contributed by atoms with E-state index in [2.05, 4.69) is 5.32 Å². The normalized spacial score (nSPS) is 15.4. The number of anilines is 1. The molecule has 0 atom stereocenters. The number of thiophene rings is 1. The molecule has 0 saturated heterocycles. The van der Waals surface area contributed by atoms with Gasteiger partial charge in [0, 0.05) is 13.1 Å². The molecule has 0 aliphatic heterocycles. The third kappa shape index (κ3) is 3.32. The predicted molar refractivity (Wildman–Crippen MR) is 96.1 cm³/mol. The fourth-order valence-electron chi connectivity index (χ4n) is 2.92. The third-order valence-corrected chi connectivity index (χ3v) is 6.97. The lowest BCUT2D eigenvalue weighted by atomic mass is 10.2. The van der Waals surface area contributed by atoms with Gasteiger partial charge < -0.3 is 5.32 Å². The predicted octanol–water partition coefficient (Wildman–Crippen LogP) is 3.25. The maximum absolute atomic E-state index is 12.7. The highest BCUT2D eigenvalue weighted by atomic mass is 32.2. The van der Waals surface area contributed by atoms with E-state index in [4.69, 9.17) is 0 Å². The summed E-state index contributed by atoms with van der Waals surface area (Å²) in [6, 6.07) is 10.1. The minimum absolute atomic E-state index is 0.193. The summed E-state index contributed by atoms with van der Waals surface area (Å²) in [6.45, 7) is 0. The van der Waals surface area contributed by atoms with E-state index in [-0.39, 0.29) is 16.8 Å². The van der Waals surface area contributed by atoms with Gasteiger partial charge in [-0.25, -0.2) is 8.42 Å². The van der Waals surface area contributed by atoms with Gasteiger partial charge in [-0.05, 0) is 36.4 Å². The number of nitrogens with zero attached hydrogens (tertiary/aromatic N) is 1. The number of nitrogens with one attached hydrogen (secondary N) is 1. The lowest BCUT2D eigenvalue weighted by Gasteiger charge is -2.20. The van der Waals surface area contributed by atoms with E-state index >= 15 is 0 Å². The van der Waals surface area contributed by atoms with Crippen molar-refractivity contribution in [2.75, 3.05) is 11.4 Å². The summed E-state index contributed by atoms with van der Waals surface area (Å²) in [4.78, 5) is 13.2. The first-order chi connectivity index (χ1) is 11.5. The Kier molecular flexibility index (Phi) is 4.91. The molecular weight excluding hydrogens is 344 g/mol. The molecule has 3 rings (SSSR count). The van der Waals surface area contributed by atoms with Crippen molar-refractivity contribution >= 4 is 33.0 Å². The van der Waals surface area contributed by atoms with Gasteiger partial charge in [0.05, 0.1) is 10.6 Å².